The molecule has 0 saturated heterocycles. The van der Waals surface area contributed by atoms with Crippen molar-refractivity contribution in [1.82, 2.24) is 0 Å². The Morgan fingerprint density at radius 1 is 1.04 bits per heavy atom. The number of allylic oxidation sites excluding steroid dienone is 1. The molecule has 4 nitrogen and oxygen atoms in total. The molecule has 0 aromatic heterocycles. The van der Waals surface area contributed by atoms with Crippen molar-refractivity contribution >= 4 is 18.5 Å². The summed E-state index contributed by atoms with van der Waals surface area (Å²) >= 11 is 0. The second-order valence-corrected chi connectivity index (χ2v) is 7.51. The first-order chi connectivity index (χ1) is 11.0. The molecule has 1 N–H and O–H groups in total. The van der Waals surface area contributed by atoms with Crippen molar-refractivity contribution in [3.63, 3.8) is 0 Å². The summed E-state index contributed by atoms with van der Waals surface area (Å²) in [4.78, 5) is 32.8. The molecule has 0 aromatic carbocycles. The van der Waals surface area contributed by atoms with Crippen molar-refractivity contribution in [1.29, 1.82) is 0 Å². The first-order valence-corrected chi connectivity index (χ1v) is 8.79. The van der Waals surface area contributed by atoms with Gasteiger partial charge in [-0.15, -0.1) is 0 Å². The predicted molar refractivity (Wildman–Crippen MR) is 88.0 cm³/mol. The van der Waals surface area contributed by atoms with E-state index in [1.54, 1.807) is 6.92 Å². The highest BCUT2D eigenvalue weighted by Crippen LogP contribution is 2.54. The van der Waals surface area contributed by atoms with Crippen LogP contribution in [0, 0.1) is 23.2 Å². The number of carboxylic acid groups (broad SMARTS) is 1. The van der Waals surface area contributed by atoms with Crippen molar-refractivity contribution in [2.24, 2.45) is 23.2 Å². The van der Waals surface area contributed by atoms with Crippen LogP contribution in [0.4, 0.5) is 0 Å². The maximum Gasteiger partial charge on any atom is 0.330 e. The Balaban J connectivity index is 2.15. The third-order valence-electron chi connectivity index (χ3n) is 6.17. The molecule has 0 aromatic rings. The lowest BCUT2D eigenvalue weighted by atomic mass is 9.55. The van der Waals surface area contributed by atoms with E-state index in [0.717, 1.165) is 57.5 Å². The normalized spacial score (nSPS) is 35.0. The first-order valence-electron chi connectivity index (χ1n) is 8.79. The zero-order chi connectivity index (χ0) is 16.9. The number of carbonyl (C=O) groups is 3. The molecule has 2 rings (SSSR count). The summed E-state index contributed by atoms with van der Waals surface area (Å²) in [5.74, 6) is 0.270. The Hall–Kier alpha value is -1.45. The molecule has 23 heavy (non-hydrogen) atoms. The van der Waals surface area contributed by atoms with Crippen LogP contribution in [0.25, 0.3) is 0 Å². The fraction of sp³-hybridized carbons (Fsp3) is 0.737. The van der Waals surface area contributed by atoms with Gasteiger partial charge in [-0.25, -0.2) is 4.79 Å². The van der Waals surface area contributed by atoms with Crippen LogP contribution in [0.15, 0.2) is 11.6 Å². The second kappa shape index (κ2) is 7.89. The van der Waals surface area contributed by atoms with Crippen LogP contribution in [-0.4, -0.2) is 23.6 Å². The van der Waals surface area contributed by atoms with Crippen LogP contribution in [-0.2, 0) is 14.4 Å². The zero-order valence-electron chi connectivity index (χ0n) is 14.0. The van der Waals surface area contributed by atoms with Gasteiger partial charge in [0.25, 0.3) is 0 Å². The third kappa shape index (κ3) is 4.30. The highest BCUT2D eigenvalue weighted by Gasteiger charge is 2.44. The van der Waals surface area contributed by atoms with Crippen LogP contribution in [0.2, 0.25) is 0 Å². The molecule has 2 saturated carbocycles. The SMILES string of the molecule is CC(=CC1CC(CC=O)CCC12CCC(CC=O)CC2)C(=O)O. The van der Waals surface area contributed by atoms with E-state index < -0.39 is 5.97 Å². The third-order valence-corrected chi connectivity index (χ3v) is 6.17. The smallest absolute Gasteiger partial charge is 0.330 e. The standard InChI is InChI=1S/C19H28O4/c1-14(18(22)23)12-17-13-16(6-11-21)4-9-19(17)7-2-15(3-8-19)5-10-20/h10-12,15-17H,2-9,13H2,1H3,(H,22,23). The molecule has 0 aliphatic heterocycles. The Morgan fingerprint density at radius 2 is 1.57 bits per heavy atom. The van der Waals surface area contributed by atoms with Gasteiger partial charge in [-0.05, 0) is 75.0 Å². The van der Waals surface area contributed by atoms with E-state index in [1.165, 1.54) is 0 Å². The van der Waals surface area contributed by atoms with E-state index >= 15 is 0 Å². The van der Waals surface area contributed by atoms with Crippen molar-refractivity contribution in [2.45, 2.75) is 64.7 Å². The molecule has 0 radical (unpaired) electrons. The molecule has 0 amide bonds. The van der Waals surface area contributed by atoms with Crippen molar-refractivity contribution < 1.29 is 19.5 Å². The van der Waals surface area contributed by atoms with Crippen LogP contribution in [0.3, 0.4) is 0 Å². The topological polar surface area (TPSA) is 71.4 Å². The molecular weight excluding hydrogens is 292 g/mol. The van der Waals surface area contributed by atoms with Gasteiger partial charge in [0.15, 0.2) is 0 Å². The molecule has 0 bridgehead atoms. The van der Waals surface area contributed by atoms with Gasteiger partial charge in [-0.1, -0.05) is 6.08 Å². The summed E-state index contributed by atoms with van der Waals surface area (Å²) in [7, 11) is 0. The van der Waals surface area contributed by atoms with Crippen LogP contribution >= 0.6 is 0 Å². The molecule has 2 aliphatic carbocycles. The van der Waals surface area contributed by atoms with Crippen molar-refractivity contribution in [2.75, 3.05) is 0 Å². The van der Waals surface area contributed by atoms with Gasteiger partial charge < -0.3 is 14.7 Å². The van der Waals surface area contributed by atoms with E-state index in [4.69, 9.17) is 0 Å². The molecule has 2 fully saturated rings. The summed E-state index contributed by atoms with van der Waals surface area (Å²) in [6.07, 6.45) is 12.5. The maximum absolute atomic E-state index is 11.2. The minimum absolute atomic E-state index is 0.176. The van der Waals surface area contributed by atoms with Crippen LogP contribution in [0.5, 0.6) is 0 Å². The van der Waals surface area contributed by atoms with Gasteiger partial charge in [-0.3, -0.25) is 0 Å². The van der Waals surface area contributed by atoms with E-state index in [1.807, 2.05) is 6.08 Å². The highest BCUT2D eigenvalue weighted by molar-refractivity contribution is 5.85. The van der Waals surface area contributed by atoms with Crippen molar-refractivity contribution in [3.8, 4) is 0 Å². The lowest BCUT2D eigenvalue weighted by Gasteiger charge is -2.49. The fourth-order valence-electron chi connectivity index (χ4n) is 4.62. The summed E-state index contributed by atoms with van der Waals surface area (Å²) in [5.41, 5.74) is 0.589. The second-order valence-electron chi connectivity index (χ2n) is 7.51. The fourth-order valence-corrected chi connectivity index (χ4v) is 4.62. The van der Waals surface area contributed by atoms with Crippen LogP contribution in [0.1, 0.15) is 64.7 Å². The number of aliphatic carboxylic acids is 1. The molecule has 4 heteroatoms. The predicted octanol–water partition coefficient (Wildman–Crippen LogP) is 3.79. The molecular formula is C19H28O4. The number of aldehydes is 2. The first kappa shape index (κ1) is 17.9. The van der Waals surface area contributed by atoms with E-state index in [-0.39, 0.29) is 11.3 Å². The maximum atomic E-state index is 11.2. The average molecular weight is 320 g/mol. The molecule has 128 valence electrons. The zero-order valence-corrected chi connectivity index (χ0v) is 14.0. The summed E-state index contributed by atoms with van der Waals surface area (Å²) < 4.78 is 0. The Bertz CT molecular complexity index is 463. The van der Waals surface area contributed by atoms with Gasteiger partial charge in [-0.2, -0.15) is 0 Å². The quantitative estimate of drug-likeness (QED) is 0.597. The number of hydrogen-bond donors (Lipinski definition) is 1. The molecule has 2 atom stereocenters. The Labute approximate surface area is 138 Å². The van der Waals surface area contributed by atoms with Crippen molar-refractivity contribution in [3.05, 3.63) is 11.6 Å². The minimum Gasteiger partial charge on any atom is -0.478 e. The van der Waals surface area contributed by atoms with E-state index in [9.17, 15) is 19.5 Å². The van der Waals surface area contributed by atoms with E-state index in [2.05, 4.69) is 0 Å². The average Bonchev–Trinajstić information content (AvgIpc) is 2.53. The Morgan fingerprint density at radius 3 is 2.09 bits per heavy atom. The van der Waals surface area contributed by atoms with Gasteiger partial charge in [0.2, 0.25) is 0 Å². The molecule has 2 aliphatic rings. The summed E-state index contributed by atoms with van der Waals surface area (Å²) in [6, 6.07) is 0. The Kier molecular flexibility index (Phi) is 6.14. The monoisotopic (exact) mass is 320 g/mol. The lowest BCUT2D eigenvalue weighted by Crippen LogP contribution is -2.39. The number of rotatable bonds is 6. The van der Waals surface area contributed by atoms with Gasteiger partial charge >= 0.3 is 5.97 Å². The van der Waals surface area contributed by atoms with Gasteiger partial charge in [0, 0.05) is 18.4 Å². The molecule has 0 heterocycles. The number of carbonyl (C=O) groups excluding carboxylic acids is 2. The summed E-state index contributed by atoms with van der Waals surface area (Å²) in [6.45, 7) is 1.66. The minimum atomic E-state index is -0.854. The van der Waals surface area contributed by atoms with Gasteiger partial charge in [0.1, 0.15) is 12.6 Å². The molecule has 1 spiro atoms. The largest absolute Gasteiger partial charge is 0.478 e. The lowest BCUT2D eigenvalue weighted by molar-refractivity contribution is -0.132. The summed E-state index contributed by atoms with van der Waals surface area (Å²) in [5, 5.41) is 9.22. The number of carboxylic acids is 1. The van der Waals surface area contributed by atoms with E-state index in [0.29, 0.717) is 30.3 Å². The van der Waals surface area contributed by atoms with Crippen LogP contribution < -0.4 is 0 Å². The molecule has 2 unspecified atom stereocenters. The van der Waals surface area contributed by atoms with Gasteiger partial charge in [0.05, 0.1) is 0 Å². The highest BCUT2D eigenvalue weighted by atomic mass is 16.4. The number of hydrogen-bond acceptors (Lipinski definition) is 3.